The second-order valence-electron chi connectivity index (χ2n) is 4.46. The van der Waals surface area contributed by atoms with Crippen molar-refractivity contribution >= 4 is 40.7 Å². The van der Waals surface area contributed by atoms with E-state index in [1.165, 1.54) is 18.2 Å². The van der Waals surface area contributed by atoms with Crippen molar-refractivity contribution in [3.8, 4) is 0 Å². The third-order valence-electron chi connectivity index (χ3n) is 2.84. The number of anilines is 1. The van der Waals surface area contributed by atoms with Crippen molar-refractivity contribution < 1.29 is 14.3 Å². The van der Waals surface area contributed by atoms with Crippen LogP contribution in [0.3, 0.4) is 0 Å². The Morgan fingerprint density at radius 1 is 1.20 bits per heavy atom. The Hall–Kier alpha value is -1.30. The first-order valence-electron chi connectivity index (χ1n) is 6.21. The van der Waals surface area contributed by atoms with Crippen LogP contribution in [-0.2, 0) is 14.3 Å². The maximum atomic E-state index is 11.7. The minimum atomic E-state index is -0.763. The highest BCUT2D eigenvalue weighted by atomic mass is 35.5. The molecule has 7 heteroatoms. The number of rotatable bonds is 3. The molecule has 2 amide bonds. The van der Waals surface area contributed by atoms with Crippen LogP contribution < -0.4 is 10.6 Å². The third kappa shape index (κ3) is 4.37. The van der Waals surface area contributed by atoms with Crippen molar-refractivity contribution in [3.63, 3.8) is 0 Å². The summed E-state index contributed by atoms with van der Waals surface area (Å²) in [4.78, 5) is 23.3. The van der Waals surface area contributed by atoms with E-state index >= 15 is 0 Å². The van der Waals surface area contributed by atoms with Gasteiger partial charge in [0.1, 0.15) is 0 Å². The van der Waals surface area contributed by atoms with Gasteiger partial charge in [0.15, 0.2) is 0 Å². The summed E-state index contributed by atoms with van der Waals surface area (Å²) in [5.41, 5.74) is 0.375. The molecule has 0 saturated carbocycles. The van der Waals surface area contributed by atoms with Crippen molar-refractivity contribution in [1.82, 2.24) is 5.32 Å². The Morgan fingerprint density at radius 2 is 1.90 bits per heavy atom. The second-order valence-corrected chi connectivity index (χ2v) is 5.33. The molecule has 0 bridgehead atoms. The van der Waals surface area contributed by atoms with E-state index in [-0.39, 0.29) is 6.10 Å². The van der Waals surface area contributed by atoms with Gasteiger partial charge in [-0.2, -0.15) is 0 Å². The number of benzene rings is 1. The van der Waals surface area contributed by atoms with Crippen molar-refractivity contribution in [3.05, 3.63) is 28.2 Å². The standard InChI is InChI=1S/C13H14Cl2N2O3/c14-8-4-9(15)6-10(5-8)17-13(19)12(18)16-7-11-2-1-3-20-11/h4-6,11H,1-3,7H2,(H,16,18)(H,17,19). The van der Waals surface area contributed by atoms with Crippen LogP contribution in [0.1, 0.15) is 12.8 Å². The number of amides is 2. The number of carbonyl (C=O) groups is 2. The Labute approximate surface area is 126 Å². The fraction of sp³-hybridized carbons (Fsp3) is 0.385. The predicted molar refractivity (Wildman–Crippen MR) is 77.1 cm³/mol. The van der Waals surface area contributed by atoms with E-state index in [2.05, 4.69) is 10.6 Å². The van der Waals surface area contributed by atoms with Crippen molar-refractivity contribution in [2.24, 2.45) is 0 Å². The van der Waals surface area contributed by atoms with Gasteiger partial charge in [0.2, 0.25) is 0 Å². The zero-order chi connectivity index (χ0) is 14.5. The van der Waals surface area contributed by atoms with Crippen LogP contribution in [0.25, 0.3) is 0 Å². The Balaban J connectivity index is 1.85. The fourth-order valence-electron chi connectivity index (χ4n) is 1.91. The molecule has 1 aromatic carbocycles. The average molecular weight is 317 g/mol. The lowest BCUT2D eigenvalue weighted by Crippen LogP contribution is -2.39. The highest BCUT2D eigenvalue weighted by Gasteiger charge is 2.19. The first-order chi connectivity index (χ1) is 9.54. The topological polar surface area (TPSA) is 67.4 Å². The molecule has 5 nitrogen and oxygen atoms in total. The van der Waals surface area contributed by atoms with Gasteiger partial charge in [-0.3, -0.25) is 9.59 Å². The number of hydrogen-bond acceptors (Lipinski definition) is 3. The van der Waals surface area contributed by atoms with E-state index in [1.54, 1.807) is 0 Å². The number of ether oxygens (including phenoxy) is 1. The van der Waals surface area contributed by atoms with Crippen molar-refractivity contribution in [2.45, 2.75) is 18.9 Å². The molecule has 0 aliphatic carbocycles. The number of halogens is 2. The first-order valence-corrected chi connectivity index (χ1v) is 6.97. The summed E-state index contributed by atoms with van der Waals surface area (Å²) < 4.78 is 5.35. The summed E-state index contributed by atoms with van der Waals surface area (Å²) in [6.45, 7) is 1.04. The Morgan fingerprint density at radius 3 is 2.50 bits per heavy atom. The van der Waals surface area contributed by atoms with Crippen LogP contribution in [-0.4, -0.2) is 31.1 Å². The largest absolute Gasteiger partial charge is 0.376 e. The van der Waals surface area contributed by atoms with Gasteiger partial charge in [-0.25, -0.2) is 0 Å². The quantitative estimate of drug-likeness (QED) is 0.840. The molecular formula is C13H14Cl2N2O3. The van der Waals surface area contributed by atoms with Crippen molar-refractivity contribution in [2.75, 3.05) is 18.5 Å². The summed E-state index contributed by atoms with van der Waals surface area (Å²) in [6.07, 6.45) is 1.87. The SMILES string of the molecule is O=C(NCC1CCCO1)C(=O)Nc1cc(Cl)cc(Cl)c1. The molecule has 108 valence electrons. The lowest BCUT2D eigenvalue weighted by Gasteiger charge is -2.11. The molecule has 20 heavy (non-hydrogen) atoms. The molecule has 0 spiro atoms. The van der Waals surface area contributed by atoms with Crippen LogP contribution in [0.15, 0.2) is 18.2 Å². The van der Waals surface area contributed by atoms with Gasteiger partial charge >= 0.3 is 11.8 Å². The summed E-state index contributed by atoms with van der Waals surface area (Å²) in [5.74, 6) is -1.47. The Bertz CT molecular complexity index is 496. The summed E-state index contributed by atoms with van der Waals surface area (Å²) in [7, 11) is 0. The minimum absolute atomic E-state index is 0.00707. The summed E-state index contributed by atoms with van der Waals surface area (Å²) in [6, 6.07) is 4.56. The molecule has 2 rings (SSSR count). The molecule has 1 heterocycles. The zero-order valence-electron chi connectivity index (χ0n) is 10.6. The molecule has 0 radical (unpaired) electrons. The third-order valence-corrected chi connectivity index (χ3v) is 3.28. The van der Waals surface area contributed by atoms with Gasteiger partial charge in [0.25, 0.3) is 0 Å². The molecule has 1 aliphatic rings. The first kappa shape index (κ1) is 15.1. The van der Waals surface area contributed by atoms with E-state index in [0.717, 1.165) is 12.8 Å². The average Bonchev–Trinajstić information content (AvgIpc) is 2.87. The second kappa shape index (κ2) is 6.92. The fourth-order valence-corrected chi connectivity index (χ4v) is 2.43. The van der Waals surface area contributed by atoms with Gasteiger partial charge < -0.3 is 15.4 Å². The van der Waals surface area contributed by atoms with E-state index < -0.39 is 11.8 Å². The summed E-state index contributed by atoms with van der Waals surface area (Å²) >= 11 is 11.6. The predicted octanol–water partition coefficient (Wildman–Crippen LogP) is 2.23. The number of carbonyl (C=O) groups excluding carboxylic acids is 2. The molecule has 1 fully saturated rings. The minimum Gasteiger partial charge on any atom is -0.376 e. The van der Waals surface area contributed by atoms with Crippen LogP contribution in [0.4, 0.5) is 5.69 Å². The lowest BCUT2D eigenvalue weighted by atomic mass is 10.2. The van der Waals surface area contributed by atoms with Crippen LogP contribution in [0.5, 0.6) is 0 Å². The van der Waals surface area contributed by atoms with Gasteiger partial charge in [-0.1, -0.05) is 23.2 Å². The lowest BCUT2D eigenvalue weighted by molar-refractivity contribution is -0.136. The maximum absolute atomic E-state index is 11.7. The maximum Gasteiger partial charge on any atom is 0.313 e. The number of nitrogens with one attached hydrogen (secondary N) is 2. The van der Waals surface area contributed by atoms with Gasteiger partial charge in [0.05, 0.1) is 6.10 Å². The van der Waals surface area contributed by atoms with Gasteiger partial charge in [-0.15, -0.1) is 0 Å². The van der Waals surface area contributed by atoms with Crippen molar-refractivity contribution in [1.29, 1.82) is 0 Å². The number of hydrogen-bond donors (Lipinski definition) is 2. The summed E-state index contributed by atoms with van der Waals surface area (Å²) in [5, 5.41) is 5.73. The molecule has 1 unspecified atom stereocenters. The molecule has 1 saturated heterocycles. The van der Waals surface area contributed by atoms with Gasteiger partial charge in [0, 0.05) is 28.9 Å². The molecule has 1 atom stereocenters. The van der Waals surface area contributed by atoms with Crippen LogP contribution in [0, 0.1) is 0 Å². The van der Waals surface area contributed by atoms with Gasteiger partial charge in [-0.05, 0) is 31.0 Å². The normalized spacial score (nSPS) is 17.8. The smallest absolute Gasteiger partial charge is 0.313 e. The monoisotopic (exact) mass is 316 g/mol. The molecule has 2 N–H and O–H groups in total. The van der Waals surface area contributed by atoms with Crippen LogP contribution in [0.2, 0.25) is 10.0 Å². The van der Waals surface area contributed by atoms with E-state index in [9.17, 15) is 9.59 Å². The highest BCUT2D eigenvalue weighted by Crippen LogP contribution is 2.22. The van der Waals surface area contributed by atoms with E-state index in [1.807, 2.05) is 0 Å². The Kier molecular flexibility index (Phi) is 5.23. The van der Waals surface area contributed by atoms with Crippen LogP contribution >= 0.6 is 23.2 Å². The van der Waals surface area contributed by atoms with E-state index in [0.29, 0.717) is 28.9 Å². The molecule has 0 aromatic heterocycles. The molecule has 1 aliphatic heterocycles. The van der Waals surface area contributed by atoms with E-state index in [4.69, 9.17) is 27.9 Å². The molecular weight excluding hydrogens is 303 g/mol. The molecule has 1 aromatic rings. The highest BCUT2D eigenvalue weighted by molar-refractivity contribution is 6.40. The zero-order valence-corrected chi connectivity index (χ0v) is 12.1.